The SMILES string of the molecule is CN(CC1CCC1)CC1CC(C)(C)CCC1O. The molecule has 17 heavy (non-hydrogen) atoms. The van der Waals surface area contributed by atoms with Gasteiger partial charge >= 0.3 is 0 Å². The standard InChI is InChI=1S/C15H29NO/c1-15(2)8-7-14(17)13(9-15)11-16(3)10-12-5-4-6-12/h12-14,17H,4-11H2,1-3H3. The largest absolute Gasteiger partial charge is 0.393 e. The third kappa shape index (κ3) is 3.69. The van der Waals surface area contributed by atoms with Crippen molar-refractivity contribution in [3.8, 4) is 0 Å². The number of hydrogen-bond donors (Lipinski definition) is 1. The lowest BCUT2D eigenvalue weighted by molar-refractivity contribution is 0.00437. The van der Waals surface area contributed by atoms with Crippen molar-refractivity contribution in [2.75, 3.05) is 20.1 Å². The highest BCUT2D eigenvalue weighted by molar-refractivity contribution is 4.86. The Morgan fingerprint density at radius 3 is 2.47 bits per heavy atom. The van der Waals surface area contributed by atoms with Crippen molar-refractivity contribution in [2.24, 2.45) is 17.3 Å². The first-order valence-corrected chi connectivity index (χ1v) is 7.33. The summed E-state index contributed by atoms with van der Waals surface area (Å²) in [5.41, 5.74) is 0.432. The predicted molar refractivity (Wildman–Crippen MR) is 72.0 cm³/mol. The minimum Gasteiger partial charge on any atom is -0.393 e. The van der Waals surface area contributed by atoms with Crippen molar-refractivity contribution in [3.63, 3.8) is 0 Å². The monoisotopic (exact) mass is 239 g/mol. The molecule has 0 bridgehead atoms. The molecule has 0 aromatic carbocycles. The molecule has 0 aromatic heterocycles. The van der Waals surface area contributed by atoms with Gasteiger partial charge in [0.15, 0.2) is 0 Å². The minimum atomic E-state index is -0.0631. The molecule has 2 aliphatic rings. The molecular weight excluding hydrogens is 210 g/mol. The third-order valence-corrected chi connectivity index (χ3v) is 4.82. The maximum Gasteiger partial charge on any atom is 0.0581 e. The molecule has 0 heterocycles. The first kappa shape index (κ1) is 13.4. The third-order valence-electron chi connectivity index (χ3n) is 4.82. The van der Waals surface area contributed by atoms with E-state index in [-0.39, 0.29) is 6.10 Å². The Balaban J connectivity index is 1.79. The first-order valence-electron chi connectivity index (χ1n) is 7.33. The maximum atomic E-state index is 10.1. The van der Waals surface area contributed by atoms with Crippen LogP contribution < -0.4 is 0 Å². The normalized spacial score (nSPS) is 33.7. The molecule has 0 spiro atoms. The lowest BCUT2D eigenvalue weighted by Gasteiger charge is -2.41. The van der Waals surface area contributed by atoms with Crippen LogP contribution in [-0.2, 0) is 0 Å². The van der Waals surface area contributed by atoms with E-state index in [0.29, 0.717) is 11.3 Å². The fourth-order valence-corrected chi connectivity index (χ4v) is 3.50. The van der Waals surface area contributed by atoms with E-state index in [9.17, 15) is 5.11 Å². The zero-order valence-electron chi connectivity index (χ0n) is 11.8. The molecule has 0 saturated heterocycles. The molecule has 2 atom stereocenters. The molecule has 2 saturated carbocycles. The Hall–Kier alpha value is -0.0800. The summed E-state index contributed by atoms with van der Waals surface area (Å²) in [5.74, 6) is 1.43. The molecular formula is C15H29NO. The van der Waals surface area contributed by atoms with Gasteiger partial charge in [-0.3, -0.25) is 0 Å². The Kier molecular flexibility index (Phi) is 4.14. The van der Waals surface area contributed by atoms with E-state index < -0.39 is 0 Å². The van der Waals surface area contributed by atoms with Gasteiger partial charge in [-0.15, -0.1) is 0 Å². The van der Waals surface area contributed by atoms with Crippen LogP contribution in [0.1, 0.15) is 52.4 Å². The summed E-state index contributed by atoms with van der Waals surface area (Å²) in [6.07, 6.45) is 7.56. The van der Waals surface area contributed by atoms with Crippen molar-refractivity contribution in [2.45, 2.75) is 58.5 Å². The van der Waals surface area contributed by atoms with Gasteiger partial charge in [0.2, 0.25) is 0 Å². The summed E-state index contributed by atoms with van der Waals surface area (Å²) < 4.78 is 0. The van der Waals surface area contributed by atoms with E-state index in [4.69, 9.17) is 0 Å². The topological polar surface area (TPSA) is 23.5 Å². The average Bonchev–Trinajstić information content (AvgIpc) is 2.17. The molecule has 2 fully saturated rings. The van der Waals surface area contributed by atoms with E-state index in [2.05, 4.69) is 25.8 Å². The zero-order chi connectivity index (χ0) is 12.5. The molecule has 100 valence electrons. The minimum absolute atomic E-state index is 0.0631. The van der Waals surface area contributed by atoms with E-state index in [0.717, 1.165) is 18.9 Å². The summed E-state index contributed by atoms with van der Waals surface area (Å²) in [6, 6.07) is 0. The molecule has 0 aromatic rings. The number of aliphatic hydroxyl groups is 1. The van der Waals surface area contributed by atoms with E-state index in [1.54, 1.807) is 0 Å². The van der Waals surface area contributed by atoms with Gasteiger partial charge in [-0.2, -0.15) is 0 Å². The highest BCUT2D eigenvalue weighted by Gasteiger charge is 2.34. The van der Waals surface area contributed by atoms with E-state index in [1.807, 2.05) is 0 Å². The molecule has 2 aliphatic carbocycles. The van der Waals surface area contributed by atoms with E-state index in [1.165, 1.54) is 38.6 Å². The number of rotatable bonds is 4. The zero-order valence-corrected chi connectivity index (χ0v) is 11.8. The Morgan fingerprint density at radius 2 is 1.88 bits per heavy atom. The first-order chi connectivity index (χ1) is 7.96. The summed E-state index contributed by atoms with van der Waals surface area (Å²) >= 11 is 0. The summed E-state index contributed by atoms with van der Waals surface area (Å²) in [4.78, 5) is 2.46. The second kappa shape index (κ2) is 5.27. The molecule has 0 radical (unpaired) electrons. The Bertz CT molecular complexity index is 247. The quantitative estimate of drug-likeness (QED) is 0.815. The van der Waals surface area contributed by atoms with Crippen LogP contribution in [0.3, 0.4) is 0 Å². The molecule has 2 rings (SSSR count). The number of nitrogens with zero attached hydrogens (tertiary/aromatic N) is 1. The van der Waals surface area contributed by atoms with Gasteiger partial charge in [-0.1, -0.05) is 20.3 Å². The fraction of sp³-hybridized carbons (Fsp3) is 1.00. The Morgan fingerprint density at radius 1 is 1.18 bits per heavy atom. The second-order valence-electron chi connectivity index (χ2n) is 7.25. The van der Waals surface area contributed by atoms with Gasteiger partial charge < -0.3 is 10.0 Å². The molecule has 0 amide bonds. The molecule has 2 unspecified atom stereocenters. The summed E-state index contributed by atoms with van der Waals surface area (Å²) in [5, 5.41) is 10.1. The average molecular weight is 239 g/mol. The van der Waals surface area contributed by atoms with Crippen LogP contribution in [-0.4, -0.2) is 36.2 Å². The van der Waals surface area contributed by atoms with Crippen molar-refractivity contribution in [3.05, 3.63) is 0 Å². The van der Waals surface area contributed by atoms with Crippen LogP contribution in [0.5, 0.6) is 0 Å². The van der Waals surface area contributed by atoms with Crippen molar-refractivity contribution >= 4 is 0 Å². The molecule has 2 heteroatoms. The van der Waals surface area contributed by atoms with Crippen LogP contribution in [0.25, 0.3) is 0 Å². The van der Waals surface area contributed by atoms with Crippen molar-refractivity contribution in [1.82, 2.24) is 4.90 Å². The fourth-order valence-electron chi connectivity index (χ4n) is 3.50. The molecule has 1 N–H and O–H groups in total. The lowest BCUT2D eigenvalue weighted by Crippen LogP contribution is -2.41. The van der Waals surface area contributed by atoms with Crippen LogP contribution in [0.4, 0.5) is 0 Å². The van der Waals surface area contributed by atoms with Crippen LogP contribution in [0.2, 0.25) is 0 Å². The predicted octanol–water partition coefficient (Wildman–Crippen LogP) is 2.91. The number of hydrogen-bond acceptors (Lipinski definition) is 2. The smallest absolute Gasteiger partial charge is 0.0581 e. The van der Waals surface area contributed by atoms with Gasteiger partial charge in [0, 0.05) is 13.1 Å². The Labute approximate surface area is 106 Å². The highest BCUT2D eigenvalue weighted by atomic mass is 16.3. The van der Waals surface area contributed by atoms with Gasteiger partial charge in [-0.25, -0.2) is 0 Å². The highest BCUT2D eigenvalue weighted by Crippen LogP contribution is 2.39. The molecule has 0 aliphatic heterocycles. The number of aliphatic hydroxyl groups excluding tert-OH is 1. The van der Waals surface area contributed by atoms with Gasteiger partial charge in [0.25, 0.3) is 0 Å². The summed E-state index contributed by atoms with van der Waals surface area (Å²) in [7, 11) is 2.23. The second-order valence-corrected chi connectivity index (χ2v) is 7.25. The van der Waals surface area contributed by atoms with Crippen LogP contribution >= 0.6 is 0 Å². The van der Waals surface area contributed by atoms with Gasteiger partial charge in [-0.05, 0) is 56.4 Å². The van der Waals surface area contributed by atoms with Gasteiger partial charge in [0.05, 0.1) is 6.10 Å². The van der Waals surface area contributed by atoms with Crippen molar-refractivity contribution < 1.29 is 5.11 Å². The summed E-state index contributed by atoms with van der Waals surface area (Å²) in [6.45, 7) is 7.01. The van der Waals surface area contributed by atoms with Crippen LogP contribution in [0, 0.1) is 17.3 Å². The van der Waals surface area contributed by atoms with Gasteiger partial charge in [0.1, 0.15) is 0 Å². The maximum absolute atomic E-state index is 10.1. The van der Waals surface area contributed by atoms with E-state index >= 15 is 0 Å². The lowest BCUT2D eigenvalue weighted by atomic mass is 9.70. The molecule has 2 nitrogen and oxygen atoms in total. The van der Waals surface area contributed by atoms with Crippen molar-refractivity contribution in [1.29, 1.82) is 0 Å². The van der Waals surface area contributed by atoms with Crippen LogP contribution in [0.15, 0.2) is 0 Å².